The molecular weight excluding hydrogens is 194 g/mol. The fourth-order valence-electron chi connectivity index (χ4n) is 2.13. The second-order valence-corrected chi connectivity index (χ2v) is 4.69. The van der Waals surface area contributed by atoms with E-state index < -0.39 is 0 Å². The second-order valence-electron chi connectivity index (χ2n) is 4.69. The molecule has 16 heavy (non-hydrogen) atoms. The number of nitrogens with two attached hydrogens (primary N) is 1. The first-order valence-corrected chi connectivity index (χ1v) is 6.03. The number of hydrogen-bond donors (Lipinski definition) is 1. The predicted molar refractivity (Wildman–Crippen MR) is 71.4 cm³/mol. The van der Waals surface area contributed by atoms with E-state index in [1.54, 1.807) is 0 Å². The van der Waals surface area contributed by atoms with Crippen molar-refractivity contribution in [3.8, 4) is 0 Å². The van der Waals surface area contributed by atoms with Crippen LogP contribution in [0.1, 0.15) is 38.7 Å². The lowest BCUT2D eigenvalue weighted by Gasteiger charge is -2.29. The van der Waals surface area contributed by atoms with Crippen LogP contribution in [0.2, 0.25) is 0 Å². The van der Waals surface area contributed by atoms with Crippen LogP contribution >= 0.6 is 0 Å². The van der Waals surface area contributed by atoms with Crippen molar-refractivity contribution in [2.75, 3.05) is 0 Å². The molecule has 0 radical (unpaired) electrons. The molecule has 0 aliphatic heterocycles. The van der Waals surface area contributed by atoms with Crippen LogP contribution in [0.5, 0.6) is 0 Å². The van der Waals surface area contributed by atoms with Gasteiger partial charge in [-0.3, -0.25) is 0 Å². The van der Waals surface area contributed by atoms with Crippen LogP contribution in [0, 0.1) is 5.92 Å². The maximum atomic E-state index is 6.27. The average molecular weight is 217 g/mol. The number of benzene rings is 1. The van der Waals surface area contributed by atoms with Crippen molar-refractivity contribution in [3.63, 3.8) is 0 Å². The van der Waals surface area contributed by atoms with Gasteiger partial charge in [0.15, 0.2) is 0 Å². The molecule has 0 aromatic heterocycles. The summed E-state index contributed by atoms with van der Waals surface area (Å²) in [6, 6.07) is 10.6. The van der Waals surface area contributed by atoms with E-state index in [9.17, 15) is 0 Å². The molecule has 1 aromatic rings. The monoisotopic (exact) mass is 217 g/mol. The number of rotatable bonds is 5. The van der Waals surface area contributed by atoms with Crippen molar-refractivity contribution < 1.29 is 0 Å². The summed E-state index contributed by atoms with van der Waals surface area (Å²) in [5.74, 6) is 0.956. The summed E-state index contributed by atoms with van der Waals surface area (Å²) in [6.45, 7) is 10.5. The van der Waals surface area contributed by atoms with E-state index in [2.05, 4.69) is 44.7 Å². The van der Waals surface area contributed by atoms with Gasteiger partial charge < -0.3 is 5.73 Å². The van der Waals surface area contributed by atoms with Gasteiger partial charge in [0.05, 0.1) is 0 Å². The van der Waals surface area contributed by atoms with Gasteiger partial charge in [-0.05, 0) is 18.4 Å². The van der Waals surface area contributed by atoms with Gasteiger partial charge in [-0.15, -0.1) is 0 Å². The third kappa shape index (κ3) is 2.96. The Balaban J connectivity index is 3.01. The Morgan fingerprint density at radius 2 is 1.88 bits per heavy atom. The molecule has 1 rings (SSSR count). The minimum Gasteiger partial charge on any atom is -0.324 e. The van der Waals surface area contributed by atoms with Gasteiger partial charge in [0.2, 0.25) is 0 Å². The Labute approximate surface area is 99.4 Å². The van der Waals surface area contributed by atoms with E-state index in [0.29, 0.717) is 11.8 Å². The summed E-state index contributed by atoms with van der Waals surface area (Å²) in [4.78, 5) is 0. The molecule has 0 saturated carbocycles. The van der Waals surface area contributed by atoms with Crippen molar-refractivity contribution in [3.05, 3.63) is 48.0 Å². The quantitative estimate of drug-likeness (QED) is 0.747. The minimum absolute atomic E-state index is 0.0531. The Kier molecular flexibility index (Phi) is 4.75. The lowest BCUT2D eigenvalue weighted by Crippen LogP contribution is -2.33. The lowest BCUT2D eigenvalue weighted by molar-refractivity contribution is 0.406. The first-order valence-electron chi connectivity index (χ1n) is 6.03. The van der Waals surface area contributed by atoms with Gasteiger partial charge >= 0.3 is 0 Å². The van der Waals surface area contributed by atoms with Crippen molar-refractivity contribution in [2.45, 2.75) is 39.2 Å². The topological polar surface area (TPSA) is 26.0 Å². The first kappa shape index (κ1) is 13.0. The highest BCUT2D eigenvalue weighted by Gasteiger charge is 2.24. The SMILES string of the molecule is C=C(C)C(N)C(c1ccccc1)C(C)CC. The summed E-state index contributed by atoms with van der Waals surface area (Å²) >= 11 is 0. The molecule has 0 aliphatic rings. The Hall–Kier alpha value is -1.08. The normalized spacial score (nSPS) is 16.5. The number of hydrogen-bond acceptors (Lipinski definition) is 1. The van der Waals surface area contributed by atoms with Gasteiger partial charge in [0.1, 0.15) is 0 Å². The zero-order valence-electron chi connectivity index (χ0n) is 10.6. The van der Waals surface area contributed by atoms with Crippen LogP contribution in [-0.4, -0.2) is 6.04 Å². The zero-order valence-corrected chi connectivity index (χ0v) is 10.6. The lowest BCUT2D eigenvalue weighted by atomic mass is 9.78. The van der Waals surface area contributed by atoms with Gasteiger partial charge in [-0.25, -0.2) is 0 Å². The largest absolute Gasteiger partial charge is 0.324 e. The summed E-state index contributed by atoms with van der Waals surface area (Å²) in [5.41, 5.74) is 8.66. The fourth-order valence-corrected chi connectivity index (χ4v) is 2.13. The highest BCUT2D eigenvalue weighted by molar-refractivity contribution is 5.25. The third-order valence-corrected chi connectivity index (χ3v) is 3.40. The highest BCUT2D eigenvalue weighted by Crippen LogP contribution is 2.31. The molecule has 0 fully saturated rings. The van der Waals surface area contributed by atoms with E-state index >= 15 is 0 Å². The second kappa shape index (κ2) is 5.86. The predicted octanol–water partition coefficient (Wildman–Crippen LogP) is 3.72. The molecule has 3 unspecified atom stereocenters. The van der Waals surface area contributed by atoms with E-state index in [1.165, 1.54) is 5.56 Å². The van der Waals surface area contributed by atoms with Gasteiger partial charge in [-0.1, -0.05) is 62.8 Å². The molecule has 0 bridgehead atoms. The summed E-state index contributed by atoms with van der Waals surface area (Å²) < 4.78 is 0. The van der Waals surface area contributed by atoms with Crippen LogP contribution in [-0.2, 0) is 0 Å². The molecule has 3 atom stereocenters. The summed E-state index contributed by atoms with van der Waals surface area (Å²) in [5, 5.41) is 0. The molecule has 0 amide bonds. The Morgan fingerprint density at radius 1 is 1.31 bits per heavy atom. The average Bonchev–Trinajstić information content (AvgIpc) is 2.30. The van der Waals surface area contributed by atoms with Crippen molar-refractivity contribution >= 4 is 0 Å². The van der Waals surface area contributed by atoms with Crippen molar-refractivity contribution in [2.24, 2.45) is 11.7 Å². The summed E-state index contributed by atoms with van der Waals surface area (Å²) in [7, 11) is 0. The third-order valence-electron chi connectivity index (χ3n) is 3.40. The van der Waals surface area contributed by atoms with E-state index in [4.69, 9.17) is 5.73 Å². The van der Waals surface area contributed by atoms with Crippen molar-refractivity contribution in [1.29, 1.82) is 0 Å². The molecule has 0 heterocycles. The van der Waals surface area contributed by atoms with Crippen LogP contribution < -0.4 is 5.73 Å². The van der Waals surface area contributed by atoms with E-state index in [1.807, 2.05) is 13.0 Å². The molecule has 1 nitrogen and oxygen atoms in total. The van der Waals surface area contributed by atoms with Gasteiger partial charge in [0, 0.05) is 12.0 Å². The smallest absolute Gasteiger partial charge is 0.0320 e. The van der Waals surface area contributed by atoms with Crippen LogP contribution in [0.15, 0.2) is 42.5 Å². The molecule has 1 heteroatoms. The Morgan fingerprint density at radius 3 is 2.31 bits per heavy atom. The highest BCUT2D eigenvalue weighted by atomic mass is 14.7. The standard InChI is InChI=1S/C15H23N/c1-5-12(4)14(15(16)11(2)3)13-9-7-6-8-10-13/h6-10,12,14-15H,2,5,16H2,1,3-4H3. The maximum Gasteiger partial charge on any atom is 0.0320 e. The fraction of sp³-hybridized carbons (Fsp3) is 0.467. The molecule has 0 saturated heterocycles. The summed E-state index contributed by atoms with van der Waals surface area (Å²) in [6.07, 6.45) is 1.14. The van der Waals surface area contributed by atoms with Crippen LogP contribution in [0.3, 0.4) is 0 Å². The molecule has 88 valence electrons. The minimum atomic E-state index is 0.0531. The molecule has 0 aliphatic carbocycles. The maximum absolute atomic E-state index is 6.27. The van der Waals surface area contributed by atoms with Crippen LogP contribution in [0.4, 0.5) is 0 Å². The van der Waals surface area contributed by atoms with Gasteiger partial charge in [0.25, 0.3) is 0 Å². The first-order chi connectivity index (χ1) is 7.57. The zero-order chi connectivity index (χ0) is 12.1. The van der Waals surface area contributed by atoms with Crippen molar-refractivity contribution in [1.82, 2.24) is 0 Å². The Bertz CT molecular complexity index is 329. The molecule has 2 N–H and O–H groups in total. The van der Waals surface area contributed by atoms with Crippen LogP contribution in [0.25, 0.3) is 0 Å². The van der Waals surface area contributed by atoms with E-state index in [-0.39, 0.29) is 6.04 Å². The van der Waals surface area contributed by atoms with E-state index in [0.717, 1.165) is 12.0 Å². The molecular formula is C15H23N. The molecule has 0 spiro atoms. The van der Waals surface area contributed by atoms with Gasteiger partial charge in [-0.2, -0.15) is 0 Å². The molecule has 1 aromatic carbocycles.